The van der Waals surface area contributed by atoms with Crippen molar-refractivity contribution in [2.75, 3.05) is 0 Å². The van der Waals surface area contributed by atoms with Crippen LogP contribution in [0.15, 0.2) is 82.6 Å². The normalized spacial score (nSPS) is 12.2. The Balaban J connectivity index is 1.77. The summed E-state index contributed by atoms with van der Waals surface area (Å²) in [5.74, 6) is 0.0325. The van der Waals surface area contributed by atoms with Crippen LogP contribution in [0.1, 0.15) is 70.3 Å². The summed E-state index contributed by atoms with van der Waals surface area (Å²) in [4.78, 5) is 17.6. The van der Waals surface area contributed by atoms with Crippen molar-refractivity contribution in [3.05, 3.63) is 105 Å². The fraction of sp³-hybridized carbons (Fsp3) is 0.400. The lowest BCUT2D eigenvalue weighted by Crippen LogP contribution is -2.26. The smallest absolute Gasteiger partial charge is 0.331 e. The molecule has 0 amide bonds. The second kappa shape index (κ2) is 13.0. The standard InChI is InChI=1S/C30H40N4O2/c1-23(2)11-9-12-24(3)13-10-14-25(4)17-18-28-29(35)34(20-26-15-7-6-8-16-26)30(36)33(28)21-27-19-31-22-32(27)5/h6-8,11,13,15-17,19,22,35H,9-10,12,14,18,20-21H2,1-5H3/b24-13+,25-17+. The molecule has 3 aromatic rings. The van der Waals surface area contributed by atoms with Crippen molar-refractivity contribution < 1.29 is 5.11 Å². The summed E-state index contributed by atoms with van der Waals surface area (Å²) in [6.45, 7) is 9.28. The Hall–Kier alpha value is -3.54. The molecule has 0 aliphatic heterocycles. The maximum absolute atomic E-state index is 13.4. The van der Waals surface area contributed by atoms with E-state index in [0.29, 0.717) is 25.2 Å². The summed E-state index contributed by atoms with van der Waals surface area (Å²) in [6, 6.07) is 9.74. The molecule has 0 unspecified atom stereocenters. The lowest BCUT2D eigenvalue weighted by molar-refractivity contribution is 0.417. The van der Waals surface area contributed by atoms with E-state index in [1.807, 2.05) is 41.9 Å². The van der Waals surface area contributed by atoms with E-state index in [0.717, 1.165) is 36.9 Å². The zero-order valence-electron chi connectivity index (χ0n) is 22.4. The summed E-state index contributed by atoms with van der Waals surface area (Å²) in [5, 5.41) is 11.1. The third-order valence-corrected chi connectivity index (χ3v) is 6.49. The van der Waals surface area contributed by atoms with Crippen molar-refractivity contribution in [1.29, 1.82) is 0 Å². The Morgan fingerprint density at radius 1 is 0.917 bits per heavy atom. The molecule has 0 saturated carbocycles. The van der Waals surface area contributed by atoms with E-state index in [1.165, 1.54) is 21.3 Å². The number of aryl methyl sites for hydroxylation is 1. The fourth-order valence-corrected chi connectivity index (χ4v) is 4.21. The van der Waals surface area contributed by atoms with Gasteiger partial charge in [0.1, 0.15) is 0 Å². The average Bonchev–Trinajstić information content (AvgIpc) is 3.34. The minimum atomic E-state index is -0.214. The number of aromatic nitrogens is 4. The van der Waals surface area contributed by atoms with Gasteiger partial charge in [-0.05, 0) is 58.9 Å². The first-order chi connectivity index (χ1) is 17.3. The second-order valence-corrected chi connectivity index (χ2v) is 9.87. The molecular formula is C30H40N4O2. The van der Waals surface area contributed by atoms with Crippen LogP contribution in [0.25, 0.3) is 0 Å². The van der Waals surface area contributed by atoms with Crippen molar-refractivity contribution in [2.45, 2.75) is 72.9 Å². The van der Waals surface area contributed by atoms with E-state index in [1.54, 1.807) is 17.1 Å². The first-order valence-electron chi connectivity index (χ1n) is 12.7. The van der Waals surface area contributed by atoms with Crippen LogP contribution in [0.5, 0.6) is 5.88 Å². The quantitative estimate of drug-likeness (QED) is 0.311. The van der Waals surface area contributed by atoms with Gasteiger partial charge >= 0.3 is 5.69 Å². The molecule has 0 bridgehead atoms. The van der Waals surface area contributed by atoms with E-state index < -0.39 is 0 Å². The van der Waals surface area contributed by atoms with Crippen LogP contribution in [-0.4, -0.2) is 23.8 Å². The molecular weight excluding hydrogens is 448 g/mol. The molecule has 36 heavy (non-hydrogen) atoms. The van der Waals surface area contributed by atoms with E-state index >= 15 is 0 Å². The first kappa shape index (κ1) is 27.1. The molecule has 3 rings (SSSR count). The van der Waals surface area contributed by atoms with Crippen molar-refractivity contribution in [3.63, 3.8) is 0 Å². The highest BCUT2D eigenvalue weighted by Gasteiger charge is 2.20. The second-order valence-electron chi connectivity index (χ2n) is 9.87. The molecule has 0 atom stereocenters. The van der Waals surface area contributed by atoms with Crippen molar-refractivity contribution in [3.8, 4) is 5.88 Å². The van der Waals surface area contributed by atoms with Gasteiger partial charge in [0.15, 0.2) is 0 Å². The third-order valence-electron chi connectivity index (χ3n) is 6.49. The SMILES string of the molecule is CC(C)=CCC/C(C)=C/CC/C(C)=C/Cc1c(O)n(Cc2ccccc2)c(=O)n1Cc1cncn1C. The zero-order valence-corrected chi connectivity index (χ0v) is 22.4. The van der Waals surface area contributed by atoms with E-state index in [4.69, 9.17) is 0 Å². The number of nitrogens with zero attached hydrogens (tertiary/aromatic N) is 4. The van der Waals surface area contributed by atoms with Gasteiger partial charge in [-0.1, -0.05) is 65.3 Å². The summed E-state index contributed by atoms with van der Waals surface area (Å²) in [7, 11) is 1.91. The van der Waals surface area contributed by atoms with Crippen LogP contribution in [0.3, 0.4) is 0 Å². The largest absolute Gasteiger partial charge is 0.493 e. The summed E-state index contributed by atoms with van der Waals surface area (Å²) in [5.41, 5.74) is 6.32. The Bertz CT molecular complexity index is 1280. The zero-order chi connectivity index (χ0) is 26.1. The van der Waals surface area contributed by atoms with Crippen LogP contribution >= 0.6 is 0 Å². The van der Waals surface area contributed by atoms with Crippen molar-refractivity contribution in [2.24, 2.45) is 7.05 Å². The van der Waals surface area contributed by atoms with E-state index in [-0.39, 0.29) is 11.6 Å². The lowest BCUT2D eigenvalue weighted by atomic mass is 10.1. The fourth-order valence-electron chi connectivity index (χ4n) is 4.21. The van der Waals surface area contributed by atoms with Crippen LogP contribution in [0.2, 0.25) is 0 Å². The van der Waals surface area contributed by atoms with Crippen molar-refractivity contribution >= 4 is 0 Å². The Morgan fingerprint density at radius 2 is 1.58 bits per heavy atom. The highest BCUT2D eigenvalue weighted by atomic mass is 16.3. The molecule has 6 heteroatoms. The number of imidazole rings is 2. The number of hydrogen-bond donors (Lipinski definition) is 1. The molecule has 2 heterocycles. The number of rotatable bonds is 12. The molecule has 0 aliphatic rings. The highest BCUT2D eigenvalue weighted by molar-refractivity contribution is 5.27. The Kier molecular flexibility index (Phi) is 9.74. The van der Waals surface area contributed by atoms with Gasteiger partial charge in [-0.25, -0.2) is 9.78 Å². The minimum absolute atomic E-state index is 0.0325. The van der Waals surface area contributed by atoms with E-state index in [2.05, 4.69) is 50.9 Å². The number of hydrogen-bond acceptors (Lipinski definition) is 3. The molecule has 6 nitrogen and oxygen atoms in total. The Labute approximate surface area is 214 Å². The maximum atomic E-state index is 13.4. The summed E-state index contributed by atoms with van der Waals surface area (Å²) in [6.07, 6.45) is 14.8. The monoisotopic (exact) mass is 488 g/mol. The van der Waals surface area contributed by atoms with Gasteiger partial charge in [-0.15, -0.1) is 0 Å². The molecule has 192 valence electrons. The van der Waals surface area contributed by atoms with Crippen molar-refractivity contribution in [1.82, 2.24) is 18.7 Å². The predicted octanol–water partition coefficient (Wildman–Crippen LogP) is 6.15. The number of aromatic hydroxyl groups is 1. The predicted molar refractivity (Wildman–Crippen MR) is 147 cm³/mol. The molecule has 0 aliphatic carbocycles. The number of allylic oxidation sites excluding steroid dienone is 6. The molecule has 0 fully saturated rings. The van der Waals surface area contributed by atoms with Gasteiger partial charge < -0.3 is 9.67 Å². The third kappa shape index (κ3) is 7.48. The van der Waals surface area contributed by atoms with Gasteiger partial charge in [0.05, 0.1) is 30.8 Å². The summed E-state index contributed by atoms with van der Waals surface area (Å²) < 4.78 is 5.03. The first-order valence-corrected chi connectivity index (χ1v) is 12.7. The summed E-state index contributed by atoms with van der Waals surface area (Å²) >= 11 is 0. The molecule has 0 radical (unpaired) electrons. The average molecular weight is 489 g/mol. The van der Waals surface area contributed by atoms with Crippen LogP contribution in [0.4, 0.5) is 0 Å². The molecule has 0 saturated heterocycles. The van der Waals surface area contributed by atoms with Gasteiger partial charge in [0, 0.05) is 19.7 Å². The maximum Gasteiger partial charge on any atom is 0.331 e. The molecule has 2 aromatic heterocycles. The van der Waals surface area contributed by atoms with Gasteiger partial charge in [0.2, 0.25) is 5.88 Å². The van der Waals surface area contributed by atoms with Gasteiger partial charge in [0.25, 0.3) is 0 Å². The topological polar surface area (TPSA) is 65.0 Å². The van der Waals surface area contributed by atoms with Gasteiger partial charge in [-0.2, -0.15) is 0 Å². The van der Waals surface area contributed by atoms with E-state index in [9.17, 15) is 9.90 Å². The molecule has 0 spiro atoms. The van der Waals surface area contributed by atoms with Crippen LogP contribution in [0, 0.1) is 0 Å². The number of benzene rings is 1. The van der Waals surface area contributed by atoms with Crippen LogP contribution < -0.4 is 5.69 Å². The highest BCUT2D eigenvalue weighted by Crippen LogP contribution is 2.21. The lowest BCUT2D eigenvalue weighted by Gasteiger charge is -2.07. The van der Waals surface area contributed by atoms with Crippen LogP contribution in [-0.2, 0) is 26.6 Å². The molecule has 1 aromatic carbocycles. The van der Waals surface area contributed by atoms with Gasteiger partial charge in [-0.3, -0.25) is 9.13 Å². The molecule has 1 N–H and O–H groups in total. The minimum Gasteiger partial charge on any atom is -0.493 e. The Morgan fingerprint density at radius 3 is 2.22 bits per heavy atom.